The molecule has 2 rings (SSSR count). The number of carbonyl (C=O) groups excluding carboxylic acids is 2. The third kappa shape index (κ3) is 3.71. The van der Waals surface area contributed by atoms with Gasteiger partial charge in [-0.1, -0.05) is 18.5 Å². The summed E-state index contributed by atoms with van der Waals surface area (Å²) in [4.78, 5) is 25.1. The number of piperidine rings is 1. The molecule has 1 aromatic rings. The van der Waals surface area contributed by atoms with Gasteiger partial charge in [0.05, 0.1) is 11.1 Å². The van der Waals surface area contributed by atoms with E-state index in [4.69, 9.17) is 11.6 Å². The highest BCUT2D eigenvalue weighted by atomic mass is 35.5. The van der Waals surface area contributed by atoms with Gasteiger partial charge >= 0.3 is 11.8 Å². The fraction of sp³-hybridized carbons (Fsp3) is 0.429. The number of aliphatic hydroxyl groups is 1. The van der Waals surface area contributed by atoms with E-state index < -0.39 is 23.7 Å². The van der Waals surface area contributed by atoms with Crippen LogP contribution in [0.15, 0.2) is 18.2 Å². The summed E-state index contributed by atoms with van der Waals surface area (Å²) in [6.07, 6.45) is -0.000988. The van der Waals surface area contributed by atoms with Crippen LogP contribution in [0.2, 0.25) is 5.02 Å². The van der Waals surface area contributed by atoms with Crippen molar-refractivity contribution >= 4 is 29.1 Å². The monoisotopic (exact) mass is 314 g/mol. The van der Waals surface area contributed by atoms with E-state index in [1.54, 1.807) is 0 Å². The molecule has 1 aromatic carbocycles. The van der Waals surface area contributed by atoms with Crippen molar-refractivity contribution in [1.82, 2.24) is 4.90 Å². The van der Waals surface area contributed by atoms with E-state index in [9.17, 15) is 19.1 Å². The smallest absolute Gasteiger partial charge is 0.313 e. The summed E-state index contributed by atoms with van der Waals surface area (Å²) in [6.45, 7) is 2.44. The van der Waals surface area contributed by atoms with Gasteiger partial charge in [-0.05, 0) is 30.5 Å². The van der Waals surface area contributed by atoms with E-state index in [1.165, 1.54) is 17.0 Å². The summed E-state index contributed by atoms with van der Waals surface area (Å²) in [5, 5.41) is 12.0. The van der Waals surface area contributed by atoms with Gasteiger partial charge in [0.25, 0.3) is 0 Å². The first-order valence-electron chi connectivity index (χ1n) is 6.62. The van der Waals surface area contributed by atoms with Crippen LogP contribution in [-0.4, -0.2) is 41.0 Å². The highest BCUT2D eigenvalue weighted by Crippen LogP contribution is 2.20. The van der Waals surface area contributed by atoms with E-state index in [0.717, 1.165) is 6.07 Å². The lowest BCUT2D eigenvalue weighted by Crippen LogP contribution is -2.49. The van der Waals surface area contributed by atoms with Gasteiger partial charge in [0.2, 0.25) is 0 Å². The number of rotatable bonds is 1. The number of likely N-dealkylation sites (tertiary alicyclic amines) is 1. The maximum absolute atomic E-state index is 13.3. The van der Waals surface area contributed by atoms with Gasteiger partial charge in [-0.15, -0.1) is 0 Å². The van der Waals surface area contributed by atoms with Gasteiger partial charge in [0, 0.05) is 18.8 Å². The molecule has 0 aliphatic carbocycles. The molecule has 21 heavy (non-hydrogen) atoms. The molecule has 1 aliphatic heterocycles. The minimum Gasteiger partial charge on any atom is -0.391 e. The second-order valence-electron chi connectivity index (χ2n) is 5.17. The Balaban J connectivity index is 1.99. The fourth-order valence-corrected chi connectivity index (χ4v) is 2.25. The maximum Gasteiger partial charge on any atom is 0.313 e. The second-order valence-corrected chi connectivity index (χ2v) is 5.57. The Morgan fingerprint density at radius 2 is 2.19 bits per heavy atom. The molecule has 1 fully saturated rings. The molecule has 2 N–H and O–H groups in total. The quantitative estimate of drug-likeness (QED) is 0.774. The van der Waals surface area contributed by atoms with Crippen LogP contribution in [0.4, 0.5) is 10.1 Å². The molecular formula is C14H16ClFN2O3. The number of anilines is 1. The number of aliphatic hydroxyl groups excluding tert-OH is 1. The van der Waals surface area contributed by atoms with Crippen LogP contribution in [0.1, 0.15) is 13.3 Å². The fourth-order valence-electron chi connectivity index (χ4n) is 2.14. The Morgan fingerprint density at radius 3 is 2.81 bits per heavy atom. The molecule has 0 saturated carbocycles. The van der Waals surface area contributed by atoms with E-state index in [-0.39, 0.29) is 23.2 Å². The zero-order chi connectivity index (χ0) is 15.6. The lowest BCUT2D eigenvalue weighted by Gasteiger charge is -2.33. The molecule has 114 valence electrons. The number of hydrogen-bond acceptors (Lipinski definition) is 3. The Hall–Kier alpha value is -1.66. The van der Waals surface area contributed by atoms with Crippen molar-refractivity contribution in [1.29, 1.82) is 0 Å². The summed E-state index contributed by atoms with van der Waals surface area (Å²) in [6, 6.07) is 3.74. The normalized spacial score (nSPS) is 22.0. The van der Waals surface area contributed by atoms with Gasteiger partial charge < -0.3 is 15.3 Å². The SMILES string of the molecule is CC1CCN(C(=O)C(=O)Nc2ccc(Cl)c(F)c2)CC1O. The van der Waals surface area contributed by atoms with E-state index in [0.29, 0.717) is 13.0 Å². The summed E-state index contributed by atoms with van der Waals surface area (Å²) >= 11 is 5.54. The Kier molecular flexibility index (Phi) is 4.80. The number of halogens is 2. The second kappa shape index (κ2) is 6.41. The Morgan fingerprint density at radius 1 is 1.48 bits per heavy atom. The first-order chi connectivity index (χ1) is 9.88. The van der Waals surface area contributed by atoms with Gasteiger partial charge in [-0.2, -0.15) is 0 Å². The maximum atomic E-state index is 13.3. The van der Waals surface area contributed by atoms with Crippen molar-refractivity contribution in [3.8, 4) is 0 Å². The predicted molar refractivity (Wildman–Crippen MR) is 76.4 cm³/mol. The van der Waals surface area contributed by atoms with Crippen LogP contribution in [0.5, 0.6) is 0 Å². The van der Waals surface area contributed by atoms with Crippen molar-refractivity contribution in [3.63, 3.8) is 0 Å². The van der Waals surface area contributed by atoms with Crippen molar-refractivity contribution < 1.29 is 19.1 Å². The highest BCUT2D eigenvalue weighted by molar-refractivity contribution is 6.39. The third-order valence-electron chi connectivity index (χ3n) is 3.58. The summed E-state index contributed by atoms with van der Waals surface area (Å²) < 4.78 is 13.3. The van der Waals surface area contributed by atoms with Crippen molar-refractivity contribution in [3.05, 3.63) is 29.0 Å². The van der Waals surface area contributed by atoms with Crippen LogP contribution >= 0.6 is 11.6 Å². The predicted octanol–water partition coefficient (Wildman–Crippen LogP) is 1.65. The Labute approximate surface area is 126 Å². The van der Waals surface area contributed by atoms with Crippen molar-refractivity contribution in [2.45, 2.75) is 19.4 Å². The van der Waals surface area contributed by atoms with Gasteiger partial charge in [0.15, 0.2) is 0 Å². The lowest BCUT2D eigenvalue weighted by molar-refractivity contribution is -0.146. The third-order valence-corrected chi connectivity index (χ3v) is 3.88. The molecule has 2 atom stereocenters. The Bertz CT molecular complexity index is 567. The molecule has 5 nitrogen and oxygen atoms in total. The molecule has 2 amide bonds. The van der Waals surface area contributed by atoms with E-state index >= 15 is 0 Å². The van der Waals surface area contributed by atoms with Crippen LogP contribution in [0.3, 0.4) is 0 Å². The molecule has 1 aliphatic rings. The van der Waals surface area contributed by atoms with Gasteiger partial charge in [0.1, 0.15) is 5.82 Å². The number of nitrogens with zero attached hydrogens (tertiary/aromatic N) is 1. The van der Waals surface area contributed by atoms with Crippen LogP contribution in [0, 0.1) is 11.7 Å². The van der Waals surface area contributed by atoms with Crippen molar-refractivity contribution in [2.75, 3.05) is 18.4 Å². The topological polar surface area (TPSA) is 69.6 Å². The average molecular weight is 315 g/mol. The molecule has 2 unspecified atom stereocenters. The largest absolute Gasteiger partial charge is 0.391 e. The van der Waals surface area contributed by atoms with E-state index in [1.807, 2.05) is 6.92 Å². The number of hydrogen-bond donors (Lipinski definition) is 2. The first-order valence-corrected chi connectivity index (χ1v) is 6.99. The number of nitrogens with one attached hydrogen (secondary N) is 1. The molecule has 7 heteroatoms. The minimum absolute atomic E-state index is 0.0625. The molecule has 0 bridgehead atoms. The van der Waals surface area contributed by atoms with Crippen LogP contribution in [0.25, 0.3) is 0 Å². The zero-order valence-electron chi connectivity index (χ0n) is 11.5. The number of amides is 2. The minimum atomic E-state index is -0.863. The van der Waals surface area contributed by atoms with E-state index in [2.05, 4.69) is 5.32 Å². The molecule has 0 aromatic heterocycles. The summed E-state index contributed by atoms with van der Waals surface area (Å²) in [7, 11) is 0. The summed E-state index contributed by atoms with van der Waals surface area (Å²) in [5.41, 5.74) is 0.154. The van der Waals surface area contributed by atoms with Crippen molar-refractivity contribution in [2.24, 2.45) is 5.92 Å². The summed E-state index contributed by atoms with van der Waals surface area (Å²) in [5.74, 6) is -2.18. The first kappa shape index (κ1) is 15.7. The molecule has 1 heterocycles. The molecule has 0 spiro atoms. The number of β-amino-alcohol motifs (C(OH)–C–C–N with tert-alkyl or cyclic N) is 1. The lowest BCUT2D eigenvalue weighted by atomic mass is 9.96. The number of benzene rings is 1. The molecular weight excluding hydrogens is 299 g/mol. The van der Waals surface area contributed by atoms with Gasteiger partial charge in [-0.25, -0.2) is 4.39 Å². The highest BCUT2D eigenvalue weighted by Gasteiger charge is 2.30. The van der Waals surface area contributed by atoms with Gasteiger partial charge in [-0.3, -0.25) is 9.59 Å². The molecule has 0 radical (unpaired) electrons. The number of carbonyl (C=O) groups is 2. The average Bonchev–Trinajstić information content (AvgIpc) is 2.45. The zero-order valence-corrected chi connectivity index (χ0v) is 12.2. The van der Waals surface area contributed by atoms with Crippen LogP contribution < -0.4 is 5.32 Å². The molecule has 1 saturated heterocycles. The van der Waals surface area contributed by atoms with Crippen LogP contribution in [-0.2, 0) is 9.59 Å². The standard InChI is InChI=1S/C14H16ClFN2O3/c1-8-4-5-18(7-12(8)19)14(21)13(20)17-9-2-3-10(15)11(16)6-9/h2-3,6,8,12,19H,4-5,7H2,1H3,(H,17,20).